The van der Waals surface area contributed by atoms with Crippen LogP contribution in [0.5, 0.6) is 0 Å². The van der Waals surface area contributed by atoms with Crippen LogP contribution in [0, 0.1) is 13.8 Å². The van der Waals surface area contributed by atoms with Gasteiger partial charge >= 0.3 is 0 Å². The normalized spacial score (nSPS) is 17.9. The lowest BCUT2D eigenvalue weighted by molar-refractivity contribution is 0.478. The Kier molecular flexibility index (Phi) is 6.41. The number of hydrogen-bond acceptors (Lipinski definition) is 1. The van der Waals surface area contributed by atoms with Crippen molar-refractivity contribution in [1.29, 1.82) is 0 Å². The summed E-state index contributed by atoms with van der Waals surface area (Å²) < 4.78 is 0. The van der Waals surface area contributed by atoms with Gasteiger partial charge in [0, 0.05) is 29.8 Å². The van der Waals surface area contributed by atoms with E-state index >= 15 is 0 Å². The molecule has 0 aliphatic carbocycles. The van der Waals surface area contributed by atoms with Crippen LogP contribution in [-0.4, -0.2) is 7.05 Å². The minimum Gasteiger partial charge on any atom is -0.347 e. The summed E-state index contributed by atoms with van der Waals surface area (Å²) in [5.41, 5.74) is 10.7. The van der Waals surface area contributed by atoms with Crippen molar-refractivity contribution in [1.82, 2.24) is 0 Å². The molecule has 0 saturated heterocycles. The van der Waals surface area contributed by atoms with Crippen molar-refractivity contribution in [3.8, 4) is 0 Å². The summed E-state index contributed by atoms with van der Waals surface area (Å²) in [5.74, 6) is 0.308. The van der Waals surface area contributed by atoms with Gasteiger partial charge in [-0.25, -0.2) is 0 Å². The predicted molar refractivity (Wildman–Crippen MR) is 132 cm³/mol. The Balaban J connectivity index is 1.98. The molecule has 1 heteroatoms. The average Bonchev–Trinajstić information content (AvgIpc) is 2.95. The molecule has 1 unspecified atom stereocenters. The SMILES string of the molecule is C=C(/C=C(C)/C=C1/N(C)c2ccc(C)cc2C1(CC)CC)C(C)c1ccccc1C. The van der Waals surface area contributed by atoms with E-state index in [4.69, 9.17) is 0 Å². The highest BCUT2D eigenvalue weighted by Gasteiger charge is 2.43. The van der Waals surface area contributed by atoms with Crippen LogP contribution in [-0.2, 0) is 5.41 Å². The van der Waals surface area contributed by atoms with Crippen LogP contribution < -0.4 is 4.90 Å². The van der Waals surface area contributed by atoms with Gasteiger partial charge in [-0.3, -0.25) is 0 Å². The minimum absolute atomic E-state index is 0.0776. The molecule has 0 radical (unpaired) electrons. The van der Waals surface area contributed by atoms with Crippen LogP contribution in [0.25, 0.3) is 0 Å². The Morgan fingerprint density at radius 2 is 1.77 bits per heavy atom. The molecule has 0 amide bonds. The summed E-state index contributed by atoms with van der Waals surface area (Å²) >= 11 is 0. The second-order valence-corrected chi connectivity index (χ2v) is 8.94. The molecule has 1 aliphatic heterocycles. The van der Waals surface area contributed by atoms with Crippen molar-refractivity contribution in [3.05, 3.63) is 100 Å². The minimum atomic E-state index is 0.0776. The summed E-state index contributed by atoms with van der Waals surface area (Å²) in [6.07, 6.45) is 6.86. The maximum atomic E-state index is 4.41. The average molecular weight is 400 g/mol. The second kappa shape index (κ2) is 8.68. The fourth-order valence-corrected chi connectivity index (χ4v) is 5.09. The molecule has 1 heterocycles. The first-order valence-corrected chi connectivity index (χ1v) is 11.2. The van der Waals surface area contributed by atoms with Gasteiger partial charge in [0.15, 0.2) is 0 Å². The van der Waals surface area contributed by atoms with Crippen LogP contribution in [0.4, 0.5) is 5.69 Å². The van der Waals surface area contributed by atoms with Gasteiger partial charge in [-0.05, 0) is 73.6 Å². The number of fused-ring (bicyclic) bond motifs is 1. The Morgan fingerprint density at radius 3 is 2.40 bits per heavy atom. The molecule has 0 aromatic heterocycles. The number of hydrogen-bond donors (Lipinski definition) is 0. The van der Waals surface area contributed by atoms with Gasteiger partial charge in [0.05, 0.1) is 0 Å². The zero-order valence-corrected chi connectivity index (χ0v) is 19.8. The summed E-state index contributed by atoms with van der Waals surface area (Å²) in [6.45, 7) is 17.9. The van der Waals surface area contributed by atoms with Crippen molar-refractivity contribution in [3.63, 3.8) is 0 Å². The summed E-state index contributed by atoms with van der Waals surface area (Å²) in [5, 5.41) is 0. The van der Waals surface area contributed by atoms with E-state index in [0.717, 1.165) is 18.4 Å². The molecule has 1 nitrogen and oxygen atoms in total. The van der Waals surface area contributed by atoms with Crippen LogP contribution in [0.1, 0.15) is 68.7 Å². The third kappa shape index (κ3) is 3.78. The number of rotatable bonds is 6. The lowest BCUT2D eigenvalue weighted by Gasteiger charge is -2.31. The highest BCUT2D eigenvalue weighted by Crippen LogP contribution is 2.51. The van der Waals surface area contributed by atoms with Gasteiger partial charge in [-0.1, -0.05) is 75.4 Å². The smallest absolute Gasteiger partial charge is 0.0448 e. The molecule has 158 valence electrons. The maximum absolute atomic E-state index is 4.41. The van der Waals surface area contributed by atoms with E-state index in [1.54, 1.807) is 0 Å². The summed E-state index contributed by atoms with van der Waals surface area (Å²) in [7, 11) is 2.21. The van der Waals surface area contributed by atoms with Gasteiger partial charge < -0.3 is 4.90 Å². The predicted octanol–water partition coefficient (Wildman–Crippen LogP) is 8.00. The fraction of sp³-hybridized carbons (Fsp3) is 0.379. The highest BCUT2D eigenvalue weighted by atomic mass is 15.2. The van der Waals surface area contributed by atoms with Gasteiger partial charge in [0.2, 0.25) is 0 Å². The van der Waals surface area contributed by atoms with Gasteiger partial charge in [0.25, 0.3) is 0 Å². The van der Waals surface area contributed by atoms with Crippen LogP contribution in [0.2, 0.25) is 0 Å². The molecule has 1 aliphatic rings. The van der Waals surface area contributed by atoms with Crippen molar-refractivity contribution in [2.24, 2.45) is 0 Å². The van der Waals surface area contributed by atoms with Gasteiger partial charge in [-0.2, -0.15) is 0 Å². The van der Waals surface area contributed by atoms with E-state index in [1.807, 2.05) is 0 Å². The molecule has 0 saturated carbocycles. The Bertz CT molecular complexity index is 1000. The standard InChI is InChI=1S/C29H37N/c1-9-29(10-2)26-18-20(3)15-16-27(26)30(8)28(29)19-21(4)17-23(6)24(7)25-14-12-11-13-22(25)5/h11-19,24H,6,9-10H2,1-5,7-8H3/b21-17+,28-19+. The fourth-order valence-electron chi connectivity index (χ4n) is 5.09. The van der Waals surface area contributed by atoms with Crippen molar-refractivity contribution in [2.45, 2.75) is 65.7 Å². The molecule has 0 spiro atoms. The quantitative estimate of drug-likeness (QED) is 0.445. The molecule has 30 heavy (non-hydrogen) atoms. The Hall–Kier alpha value is -2.54. The van der Waals surface area contributed by atoms with Crippen LogP contribution >= 0.6 is 0 Å². The summed E-state index contributed by atoms with van der Waals surface area (Å²) in [6, 6.07) is 15.5. The Labute approximate surface area is 183 Å². The number of likely N-dealkylation sites (N-methyl/N-ethyl adjacent to an activating group) is 1. The molecule has 3 rings (SSSR count). The molecule has 0 fully saturated rings. The largest absolute Gasteiger partial charge is 0.347 e. The number of benzene rings is 2. The van der Waals surface area contributed by atoms with Crippen molar-refractivity contribution < 1.29 is 0 Å². The lowest BCUT2D eigenvalue weighted by atomic mass is 9.74. The van der Waals surface area contributed by atoms with E-state index in [9.17, 15) is 0 Å². The summed E-state index contributed by atoms with van der Waals surface area (Å²) in [4.78, 5) is 2.40. The first kappa shape index (κ1) is 22.2. The monoisotopic (exact) mass is 399 g/mol. The topological polar surface area (TPSA) is 3.24 Å². The Morgan fingerprint density at radius 1 is 1.10 bits per heavy atom. The maximum Gasteiger partial charge on any atom is 0.0448 e. The van der Waals surface area contributed by atoms with Crippen LogP contribution in [0.3, 0.4) is 0 Å². The zero-order valence-electron chi connectivity index (χ0n) is 19.8. The van der Waals surface area contributed by atoms with Crippen molar-refractivity contribution in [2.75, 3.05) is 11.9 Å². The van der Waals surface area contributed by atoms with Gasteiger partial charge in [0.1, 0.15) is 0 Å². The molecule has 0 N–H and O–H groups in total. The molecular formula is C29H37N. The molecule has 2 aromatic carbocycles. The third-order valence-electron chi connectivity index (χ3n) is 7.08. The second-order valence-electron chi connectivity index (χ2n) is 8.94. The first-order valence-electron chi connectivity index (χ1n) is 11.2. The third-order valence-corrected chi connectivity index (χ3v) is 7.08. The number of nitrogens with zero attached hydrogens (tertiary/aromatic N) is 1. The first-order chi connectivity index (χ1) is 14.2. The lowest BCUT2D eigenvalue weighted by Crippen LogP contribution is -2.28. The highest BCUT2D eigenvalue weighted by molar-refractivity contribution is 5.71. The van der Waals surface area contributed by atoms with E-state index in [1.165, 1.54) is 39.2 Å². The van der Waals surface area contributed by atoms with Crippen LogP contribution in [0.15, 0.2) is 78.0 Å². The molecule has 0 bridgehead atoms. The molecule has 2 aromatic rings. The zero-order chi connectivity index (χ0) is 22.1. The molecular weight excluding hydrogens is 362 g/mol. The van der Waals surface area contributed by atoms with Crippen molar-refractivity contribution >= 4 is 5.69 Å². The van der Waals surface area contributed by atoms with E-state index in [0.29, 0.717) is 5.92 Å². The van der Waals surface area contributed by atoms with E-state index in [2.05, 4.69) is 115 Å². The number of anilines is 1. The number of aryl methyl sites for hydroxylation is 2. The number of allylic oxidation sites excluding steroid dienone is 5. The molecule has 1 atom stereocenters. The van der Waals surface area contributed by atoms with Gasteiger partial charge in [-0.15, -0.1) is 0 Å². The van der Waals surface area contributed by atoms with E-state index in [-0.39, 0.29) is 5.41 Å². The van der Waals surface area contributed by atoms with E-state index < -0.39 is 0 Å².